The van der Waals surface area contributed by atoms with E-state index in [0.717, 1.165) is 10.7 Å². The van der Waals surface area contributed by atoms with Gasteiger partial charge >= 0.3 is 12.0 Å². The molecule has 0 spiro atoms. The number of rotatable bonds is 4. The second-order valence-corrected chi connectivity index (χ2v) is 4.94. The Balaban J connectivity index is 2.27. The van der Waals surface area contributed by atoms with Crippen LogP contribution in [0.25, 0.3) is 0 Å². The lowest BCUT2D eigenvalue weighted by Crippen LogP contribution is -2.41. The molecular weight excluding hydrogens is 328 g/mol. The molecule has 2 aromatic rings. The highest BCUT2D eigenvalue weighted by atomic mass is 16.5. The molecule has 0 aliphatic heterocycles. The summed E-state index contributed by atoms with van der Waals surface area (Å²) in [6.07, 6.45) is -1.36. The van der Waals surface area contributed by atoms with Crippen molar-refractivity contribution in [2.75, 3.05) is 7.05 Å². The van der Waals surface area contributed by atoms with Gasteiger partial charge in [0, 0.05) is 25.7 Å². The Hall–Kier alpha value is -3.49. The van der Waals surface area contributed by atoms with Crippen molar-refractivity contribution in [3.63, 3.8) is 0 Å². The summed E-state index contributed by atoms with van der Waals surface area (Å²) in [5.74, 6) is -1.72. The number of esters is 1. The van der Waals surface area contributed by atoms with E-state index in [-0.39, 0.29) is 5.69 Å². The number of hydrogen-bond donors (Lipinski definition) is 2. The molecule has 130 valence electrons. The second-order valence-electron chi connectivity index (χ2n) is 4.94. The van der Waals surface area contributed by atoms with Gasteiger partial charge in [0.25, 0.3) is 11.5 Å². The molecule has 0 aliphatic carbocycles. The van der Waals surface area contributed by atoms with Crippen molar-refractivity contribution in [2.24, 2.45) is 7.05 Å². The number of imide groups is 1. The third-order valence-electron chi connectivity index (χ3n) is 3.20. The molecule has 2 rings (SSSR count). The van der Waals surface area contributed by atoms with Crippen molar-refractivity contribution in [3.8, 4) is 0 Å². The molecule has 0 fully saturated rings. The van der Waals surface area contributed by atoms with E-state index in [1.807, 2.05) is 0 Å². The van der Waals surface area contributed by atoms with Crippen molar-refractivity contribution in [3.05, 3.63) is 64.1 Å². The fourth-order valence-corrected chi connectivity index (χ4v) is 1.92. The Morgan fingerprint density at radius 3 is 2.40 bits per heavy atom. The summed E-state index contributed by atoms with van der Waals surface area (Å²) in [6.45, 7) is 0. The maximum Gasteiger partial charge on any atom is 0.359 e. The summed E-state index contributed by atoms with van der Waals surface area (Å²) in [5.41, 5.74) is -0.161. The second kappa shape index (κ2) is 7.86. The van der Waals surface area contributed by atoms with E-state index in [1.165, 1.54) is 20.2 Å². The van der Waals surface area contributed by atoms with Gasteiger partial charge in [0.05, 0.1) is 0 Å². The molecule has 1 heterocycles. The normalized spacial score (nSPS) is 11.3. The summed E-state index contributed by atoms with van der Waals surface area (Å²) >= 11 is 0. The molecule has 1 aromatic carbocycles. The standard InChI is InChI=1S/C16H16N4O5/c1-17-16(24)18-14(22)13(10-6-4-3-5-7-10)25-15(23)11-8-9-12(21)20(2)19-11/h3-9,13H,1-2H3,(H2,17,18,22,24). The first kappa shape index (κ1) is 17.9. The maximum atomic E-state index is 12.3. The van der Waals surface area contributed by atoms with E-state index >= 15 is 0 Å². The van der Waals surface area contributed by atoms with Gasteiger partial charge in [-0.3, -0.25) is 14.9 Å². The third kappa shape index (κ3) is 4.50. The van der Waals surface area contributed by atoms with E-state index < -0.39 is 29.6 Å². The zero-order chi connectivity index (χ0) is 18.4. The molecule has 9 heteroatoms. The number of ether oxygens (including phenoxy) is 1. The first-order valence-corrected chi connectivity index (χ1v) is 7.25. The maximum absolute atomic E-state index is 12.3. The number of urea groups is 1. The predicted molar refractivity (Wildman–Crippen MR) is 86.7 cm³/mol. The van der Waals surface area contributed by atoms with Crippen LogP contribution in [0.4, 0.5) is 4.79 Å². The van der Waals surface area contributed by atoms with E-state index in [1.54, 1.807) is 30.3 Å². The Morgan fingerprint density at radius 2 is 1.80 bits per heavy atom. The molecule has 9 nitrogen and oxygen atoms in total. The molecule has 0 radical (unpaired) electrons. The van der Waals surface area contributed by atoms with E-state index in [0.29, 0.717) is 5.56 Å². The minimum atomic E-state index is -1.36. The summed E-state index contributed by atoms with van der Waals surface area (Å²) in [7, 11) is 2.73. The highest BCUT2D eigenvalue weighted by molar-refractivity contribution is 5.98. The molecular formula is C16H16N4O5. The Morgan fingerprint density at radius 1 is 1.12 bits per heavy atom. The highest BCUT2D eigenvalue weighted by Gasteiger charge is 2.27. The van der Waals surface area contributed by atoms with Gasteiger partial charge in [-0.15, -0.1) is 0 Å². The van der Waals surface area contributed by atoms with Crippen molar-refractivity contribution >= 4 is 17.9 Å². The van der Waals surface area contributed by atoms with Crippen molar-refractivity contribution in [1.29, 1.82) is 0 Å². The van der Waals surface area contributed by atoms with E-state index in [9.17, 15) is 19.2 Å². The molecule has 2 N–H and O–H groups in total. The zero-order valence-corrected chi connectivity index (χ0v) is 13.6. The fourth-order valence-electron chi connectivity index (χ4n) is 1.92. The van der Waals surface area contributed by atoms with Gasteiger partial charge in [-0.05, 0) is 6.07 Å². The number of carbonyl (C=O) groups is 3. The average Bonchev–Trinajstić information content (AvgIpc) is 2.62. The average molecular weight is 344 g/mol. The van der Waals surface area contributed by atoms with Crippen LogP contribution in [0, 0.1) is 0 Å². The van der Waals surface area contributed by atoms with Crippen LogP contribution in [0.2, 0.25) is 0 Å². The largest absolute Gasteiger partial charge is 0.442 e. The number of carbonyl (C=O) groups excluding carboxylic acids is 3. The third-order valence-corrected chi connectivity index (χ3v) is 3.20. The topological polar surface area (TPSA) is 119 Å². The van der Waals surface area contributed by atoms with Gasteiger partial charge in [0.15, 0.2) is 5.69 Å². The number of hydrogen-bond acceptors (Lipinski definition) is 6. The van der Waals surface area contributed by atoms with Gasteiger partial charge < -0.3 is 10.1 Å². The van der Waals surface area contributed by atoms with Crippen molar-refractivity contribution in [1.82, 2.24) is 20.4 Å². The van der Waals surface area contributed by atoms with Crippen LogP contribution >= 0.6 is 0 Å². The minimum absolute atomic E-state index is 0.143. The molecule has 0 aliphatic rings. The van der Waals surface area contributed by atoms with Gasteiger partial charge in [-0.1, -0.05) is 30.3 Å². The fraction of sp³-hybridized carbons (Fsp3) is 0.188. The summed E-state index contributed by atoms with van der Waals surface area (Å²) in [4.78, 5) is 47.2. The van der Waals surface area contributed by atoms with Crippen LogP contribution in [0.3, 0.4) is 0 Å². The number of aryl methyl sites for hydroxylation is 1. The van der Waals surface area contributed by atoms with Crippen LogP contribution in [-0.2, 0) is 16.6 Å². The quantitative estimate of drug-likeness (QED) is 0.761. The number of nitrogens with one attached hydrogen (secondary N) is 2. The molecule has 0 saturated carbocycles. The van der Waals surface area contributed by atoms with Crippen LogP contribution in [0.15, 0.2) is 47.3 Å². The summed E-state index contributed by atoms with van der Waals surface area (Å²) < 4.78 is 6.19. The molecule has 1 aromatic heterocycles. The van der Waals surface area contributed by atoms with Gasteiger partial charge in [-0.25, -0.2) is 14.3 Å². The molecule has 3 amide bonds. The molecule has 0 bridgehead atoms. The molecule has 1 unspecified atom stereocenters. The van der Waals surface area contributed by atoms with E-state index in [2.05, 4.69) is 15.7 Å². The van der Waals surface area contributed by atoms with Crippen LogP contribution in [0.1, 0.15) is 22.2 Å². The summed E-state index contributed by atoms with van der Waals surface area (Å²) in [6, 6.07) is 9.83. The van der Waals surface area contributed by atoms with Crippen LogP contribution in [0.5, 0.6) is 0 Å². The minimum Gasteiger partial charge on any atom is -0.442 e. The van der Waals surface area contributed by atoms with Gasteiger partial charge in [0.1, 0.15) is 0 Å². The van der Waals surface area contributed by atoms with Crippen LogP contribution < -0.4 is 16.2 Å². The lowest BCUT2D eigenvalue weighted by molar-refractivity contribution is -0.129. The van der Waals surface area contributed by atoms with Gasteiger partial charge in [-0.2, -0.15) is 5.10 Å². The SMILES string of the molecule is CNC(=O)NC(=O)C(OC(=O)c1ccc(=O)n(C)n1)c1ccccc1. The number of benzene rings is 1. The molecule has 25 heavy (non-hydrogen) atoms. The smallest absolute Gasteiger partial charge is 0.359 e. The highest BCUT2D eigenvalue weighted by Crippen LogP contribution is 2.19. The first-order chi connectivity index (χ1) is 11.9. The van der Waals surface area contributed by atoms with Crippen LogP contribution in [-0.4, -0.2) is 34.7 Å². The first-order valence-electron chi connectivity index (χ1n) is 7.25. The summed E-state index contributed by atoms with van der Waals surface area (Å²) in [5, 5.41) is 8.08. The monoisotopic (exact) mass is 344 g/mol. The molecule has 0 saturated heterocycles. The predicted octanol–water partition coefficient (Wildman–Crippen LogP) is 0.134. The van der Waals surface area contributed by atoms with E-state index in [4.69, 9.17) is 4.74 Å². The Labute approximate surface area is 142 Å². The lowest BCUT2D eigenvalue weighted by atomic mass is 10.1. The zero-order valence-electron chi connectivity index (χ0n) is 13.6. The van der Waals surface area contributed by atoms with Gasteiger partial charge in [0.2, 0.25) is 6.10 Å². The number of nitrogens with zero attached hydrogens (tertiary/aromatic N) is 2. The lowest BCUT2D eigenvalue weighted by Gasteiger charge is -2.17. The van der Waals surface area contributed by atoms with Crippen molar-refractivity contribution in [2.45, 2.75) is 6.10 Å². The Bertz CT molecular complexity index is 847. The Kier molecular flexibility index (Phi) is 5.62. The van der Waals surface area contributed by atoms with Crippen molar-refractivity contribution < 1.29 is 19.1 Å². The number of amides is 3. The molecule has 1 atom stereocenters. The number of aromatic nitrogens is 2.